The Balaban J connectivity index is 0.000000415. The number of carboxylic acids is 1. The van der Waals surface area contributed by atoms with Crippen LogP contribution in [0.2, 0.25) is 0 Å². The number of carbonyl (C=O) groups is 3. The molecule has 3 heterocycles. The quantitative estimate of drug-likeness (QED) is 0.459. The second-order valence-electron chi connectivity index (χ2n) is 6.36. The molecule has 0 aliphatic heterocycles. The minimum atomic E-state index is -0.942. The third kappa shape index (κ3) is 13.4. The third-order valence-electron chi connectivity index (χ3n) is 3.21. The summed E-state index contributed by atoms with van der Waals surface area (Å²) in [5.74, 6) is -0.957. The molecule has 0 spiro atoms. The summed E-state index contributed by atoms with van der Waals surface area (Å²) in [5, 5.41) is 7.91. The van der Waals surface area contributed by atoms with Crippen molar-refractivity contribution in [2.24, 2.45) is 7.05 Å². The number of aromatic nitrogens is 4. The molecule has 32 heavy (non-hydrogen) atoms. The number of carbonyl (C=O) groups excluding carboxylic acids is 2. The summed E-state index contributed by atoms with van der Waals surface area (Å²) in [6.07, 6.45) is 11.4. The van der Waals surface area contributed by atoms with Gasteiger partial charge >= 0.3 is 11.3 Å². The van der Waals surface area contributed by atoms with Crippen LogP contribution in [-0.4, -0.2) is 79.9 Å². The molecule has 0 saturated heterocycles. The summed E-state index contributed by atoms with van der Waals surface area (Å²) in [5.41, 5.74) is 0.843. The summed E-state index contributed by atoms with van der Waals surface area (Å²) in [4.78, 5) is 45.3. The van der Waals surface area contributed by atoms with Crippen LogP contribution in [0.25, 0.3) is 0 Å². The van der Waals surface area contributed by atoms with E-state index in [-0.39, 0.29) is 11.5 Å². The first-order valence-electron chi connectivity index (χ1n) is 9.10. The van der Waals surface area contributed by atoms with Gasteiger partial charge in [-0.2, -0.15) is 0 Å². The number of hydrogen-bond donors (Lipinski definition) is 1. The first kappa shape index (κ1) is 28.2. The first-order chi connectivity index (χ1) is 15.1. The highest BCUT2D eigenvalue weighted by Gasteiger charge is 2.05. The summed E-state index contributed by atoms with van der Waals surface area (Å²) in [6.45, 7) is 0. The maximum absolute atomic E-state index is 11.2. The standard InChI is InChI=1S/C8H10N2O.C6H5NO2.C4H6N2.C3H6ClNO/c1-10(2)8(11)7-4-3-5-9-6-7;8-6(9)5-2-1-3-7-4-5;1-6-3-2-5-4-6;1-5(2)3(4)6/h3-6H,1-2H3;1-4H,(H,8,9);2-4H,1H3;1-2H3. The lowest BCUT2D eigenvalue weighted by atomic mass is 10.2. The average molecular weight is 463 g/mol. The van der Waals surface area contributed by atoms with Crippen LogP contribution in [0.3, 0.4) is 0 Å². The van der Waals surface area contributed by atoms with Gasteiger partial charge in [0.25, 0.3) is 5.91 Å². The number of imidazole rings is 1. The SMILES string of the molecule is CN(C)C(=O)Cl.CN(C)C(=O)c1cccnc1.Cn1ccnc1.O=C(O)c1cccnc1. The van der Waals surface area contributed by atoms with E-state index in [1.54, 1.807) is 71.3 Å². The van der Waals surface area contributed by atoms with Gasteiger partial charge in [-0.05, 0) is 35.9 Å². The van der Waals surface area contributed by atoms with Crippen molar-refractivity contribution in [3.8, 4) is 0 Å². The lowest BCUT2D eigenvalue weighted by Gasteiger charge is -2.08. The molecule has 0 aliphatic carbocycles. The maximum atomic E-state index is 11.2. The highest BCUT2D eigenvalue weighted by Crippen LogP contribution is 1.98. The molecule has 3 aromatic rings. The van der Waals surface area contributed by atoms with E-state index in [0.29, 0.717) is 5.56 Å². The van der Waals surface area contributed by atoms with Crippen LogP contribution in [0.4, 0.5) is 4.79 Å². The lowest BCUT2D eigenvalue weighted by molar-refractivity contribution is 0.0696. The molecule has 0 unspecified atom stereocenters. The Kier molecular flexibility index (Phi) is 14.1. The molecule has 0 aliphatic rings. The number of carboxylic acid groups (broad SMARTS) is 1. The van der Waals surface area contributed by atoms with Crippen molar-refractivity contribution in [3.05, 3.63) is 78.9 Å². The Morgan fingerprint density at radius 3 is 1.59 bits per heavy atom. The summed E-state index contributed by atoms with van der Waals surface area (Å²) >= 11 is 4.90. The van der Waals surface area contributed by atoms with Crippen molar-refractivity contribution < 1.29 is 19.5 Å². The van der Waals surface area contributed by atoms with Gasteiger partial charge in [-0.25, -0.2) is 9.78 Å². The number of pyridine rings is 2. The monoisotopic (exact) mass is 462 g/mol. The van der Waals surface area contributed by atoms with Crippen LogP contribution >= 0.6 is 11.6 Å². The van der Waals surface area contributed by atoms with Crippen LogP contribution < -0.4 is 0 Å². The molecule has 0 bridgehead atoms. The molecule has 1 N–H and O–H groups in total. The normalized spacial score (nSPS) is 8.81. The fraction of sp³-hybridized carbons (Fsp3) is 0.238. The Morgan fingerprint density at radius 2 is 1.38 bits per heavy atom. The zero-order chi connectivity index (χ0) is 24.5. The molecule has 172 valence electrons. The molecule has 0 fully saturated rings. The molecule has 0 saturated carbocycles. The number of nitrogens with zero attached hydrogens (tertiary/aromatic N) is 6. The Hall–Kier alpha value is -3.79. The second-order valence-corrected chi connectivity index (χ2v) is 6.69. The topological polar surface area (TPSA) is 122 Å². The van der Waals surface area contributed by atoms with E-state index < -0.39 is 11.3 Å². The predicted octanol–water partition coefficient (Wildman–Crippen LogP) is 2.89. The molecule has 3 aromatic heterocycles. The van der Waals surface area contributed by atoms with Gasteiger partial charge < -0.3 is 19.5 Å². The zero-order valence-corrected chi connectivity index (χ0v) is 19.3. The fourth-order valence-electron chi connectivity index (χ4n) is 1.56. The van der Waals surface area contributed by atoms with E-state index in [2.05, 4.69) is 15.0 Å². The molecule has 10 nitrogen and oxygen atoms in total. The van der Waals surface area contributed by atoms with Gasteiger partial charge in [0, 0.05) is 72.4 Å². The first-order valence-corrected chi connectivity index (χ1v) is 9.47. The summed E-state index contributed by atoms with van der Waals surface area (Å²) < 4.78 is 1.89. The Bertz CT molecular complexity index is 920. The van der Waals surface area contributed by atoms with Gasteiger partial charge in [0.2, 0.25) is 0 Å². The predicted molar refractivity (Wildman–Crippen MR) is 122 cm³/mol. The van der Waals surface area contributed by atoms with Gasteiger partial charge in [-0.3, -0.25) is 19.6 Å². The van der Waals surface area contributed by atoms with Gasteiger partial charge in [-0.15, -0.1) is 0 Å². The van der Waals surface area contributed by atoms with Gasteiger partial charge in [0.1, 0.15) is 0 Å². The van der Waals surface area contributed by atoms with E-state index in [9.17, 15) is 14.4 Å². The van der Waals surface area contributed by atoms with Gasteiger partial charge in [0.05, 0.1) is 17.5 Å². The smallest absolute Gasteiger partial charge is 0.337 e. The highest BCUT2D eigenvalue weighted by atomic mass is 35.5. The van der Waals surface area contributed by atoms with Crippen molar-refractivity contribution in [2.75, 3.05) is 28.2 Å². The molecule has 2 amide bonds. The van der Waals surface area contributed by atoms with Crippen molar-refractivity contribution in [3.63, 3.8) is 0 Å². The van der Waals surface area contributed by atoms with Crippen LogP contribution in [0.5, 0.6) is 0 Å². The van der Waals surface area contributed by atoms with Gasteiger partial charge in [0.15, 0.2) is 0 Å². The number of hydrogen-bond acceptors (Lipinski definition) is 6. The van der Waals surface area contributed by atoms with Gasteiger partial charge in [-0.1, -0.05) is 0 Å². The van der Waals surface area contributed by atoms with E-state index in [1.807, 2.05) is 17.8 Å². The average Bonchev–Trinajstić information content (AvgIpc) is 3.26. The van der Waals surface area contributed by atoms with Crippen LogP contribution in [-0.2, 0) is 7.05 Å². The van der Waals surface area contributed by atoms with E-state index >= 15 is 0 Å². The van der Waals surface area contributed by atoms with Crippen LogP contribution in [0, 0.1) is 0 Å². The molecule has 3 rings (SSSR count). The van der Waals surface area contributed by atoms with E-state index in [1.165, 1.54) is 28.3 Å². The molecule has 0 radical (unpaired) electrons. The Morgan fingerprint density at radius 1 is 0.875 bits per heavy atom. The van der Waals surface area contributed by atoms with E-state index in [0.717, 1.165) is 0 Å². The minimum Gasteiger partial charge on any atom is -0.478 e. The largest absolute Gasteiger partial charge is 0.478 e. The minimum absolute atomic E-state index is 0.0156. The molecule has 0 aromatic carbocycles. The van der Waals surface area contributed by atoms with E-state index in [4.69, 9.17) is 16.7 Å². The maximum Gasteiger partial charge on any atom is 0.337 e. The molecule has 0 atom stereocenters. The molecular formula is C21H27ClN6O4. The number of amides is 2. The lowest BCUT2D eigenvalue weighted by Crippen LogP contribution is -2.21. The Labute approximate surface area is 192 Å². The van der Waals surface area contributed by atoms with Crippen molar-refractivity contribution >= 4 is 28.8 Å². The van der Waals surface area contributed by atoms with Crippen molar-refractivity contribution in [1.29, 1.82) is 0 Å². The third-order valence-corrected chi connectivity index (χ3v) is 3.55. The number of aromatic carboxylic acids is 1. The van der Waals surface area contributed by atoms with Crippen molar-refractivity contribution in [1.82, 2.24) is 29.3 Å². The number of rotatable bonds is 2. The molecule has 11 heteroatoms. The highest BCUT2D eigenvalue weighted by molar-refractivity contribution is 6.62. The second kappa shape index (κ2) is 16.0. The summed E-state index contributed by atoms with van der Waals surface area (Å²) in [6, 6.07) is 6.57. The number of halogens is 1. The molecular weight excluding hydrogens is 436 g/mol. The summed E-state index contributed by atoms with van der Waals surface area (Å²) in [7, 11) is 8.56. The number of aryl methyl sites for hydroxylation is 1. The fourth-order valence-corrected chi connectivity index (χ4v) is 1.56. The van der Waals surface area contributed by atoms with Crippen LogP contribution in [0.1, 0.15) is 20.7 Å². The van der Waals surface area contributed by atoms with Crippen molar-refractivity contribution in [2.45, 2.75) is 0 Å². The zero-order valence-electron chi connectivity index (χ0n) is 18.6. The van der Waals surface area contributed by atoms with Crippen LogP contribution in [0.15, 0.2) is 67.8 Å².